The molecule has 3 N–H and O–H groups in total. The molecular formula is C18H23N2O6. The Bertz CT molecular complexity index is 639. The zero-order chi connectivity index (χ0) is 19.7. The molecule has 0 aromatic heterocycles. The van der Waals surface area contributed by atoms with Crippen LogP contribution in [0.1, 0.15) is 32.8 Å². The summed E-state index contributed by atoms with van der Waals surface area (Å²) in [7, 11) is 0. The number of carboxylic acid groups (broad SMARTS) is 1. The third-order valence-corrected chi connectivity index (χ3v) is 3.13. The van der Waals surface area contributed by atoms with Crippen LogP contribution in [-0.4, -0.2) is 47.0 Å². The molecule has 2 atom stereocenters. The van der Waals surface area contributed by atoms with E-state index in [0.29, 0.717) is 0 Å². The molecule has 0 spiro atoms. The highest BCUT2D eigenvalue weighted by atomic mass is 16.6. The number of carbonyl (C=O) groups excluding carboxylic acids is 3. The van der Waals surface area contributed by atoms with E-state index in [9.17, 15) is 19.2 Å². The normalized spacial score (nSPS) is 13.2. The van der Waals surface area contributed by atoms with Gasteiger partial charge in [-0.1, -0.05) is 30.3 Å². The third kappa shape index (κ3) is 8.27. The van der Waals surface area contributed by atoms with E-state index >= 15 is 0 Å². The summed E-state index contributed by atoms with van der Waals surface area (Å²) in [5.41, 5.74) is 0.0221. The van der Waals surface area contributed by atoms with Gasteiger partial charge in [0.1, 0.15) is 17.7 Å². The fourth-order valence-electron chi connectivity index (χ4n) is 2.08. The highest BCUT2D eigenvalue weighted by Gasteiger charge is 2.27. The van der Waals surface area contributed by atoms with E-state index in [-0.39, 0.29) is 6.42 Å². The number of carbonyl (C=O) groups is 3. The van der Waals surface area contributed by atoms with Crippen molar-refractivity contribution >= 4 is 24.3 Å². The fraction of sp³-hybridized carbons (Fsp3) is 0.444. The molecule has 0 heterocycles. The maximum absolute atomic E-state index is 12.4. The van der Waals surface area contributed by atoms with Crippen molar-refractivity contribution in [1.82, 2.24) is 10.6 Å². The Kier molecular flexibility index (Phi) is 7.77. The number of rotatable bonds is 8. The van der Waals surface area contributed by atoms with Gasteiger partial charge in [-0.05, 0) is 26.3 Å². The van der Waals surface area contributed by atoms with Crippen molar-refractivity contribution in [3.05, 3.63) is 35.9 Å². The Hall–Kier alpha value is -2.90. The van der Waals surface area contributed by atoms with E-state index in [1.807, 2.05) is 6.07 Å². The highest BCUT2D eigenvalue weighted by Crippen LogP contribution is 2.09. The van der Waals surface area contributed by atoms with Crippen LogP contribution in [0.25, 0.3) is 0 Å². The summed E-state index contributed by atoms with van der Waals surface area (Å²) < 4.78 is 5.15. The van der Waals surface area contributed by atoms with Crippen LogP contribution in [0.2, 0.25) is 0 Å². The number of carboxylic acids is 1. The second-order valence-corrected chi connectivity index (χ2v) is 6.67. The standard InChI is InChI=1S/C18H23N2O6/c1-18(2,3)26-17(25)20-14(9-12-7-5-4-6-8-12)16(24)19-13(11-21)10-15(22)23/h4-8,13-14H,9-10H2,1-3H3,(H,19,24)(H,20,25)(H,22,23)/t13-,14+/m0/s1. The number of amides is 2. The molecule has 0 unspecified atom stereocenters. The Balaban J connectivity index is 2.87. The van der Waals surface area contributed by atoms with Crippen molar-refractivity contribution < 1.29 is 29.0 Å². The van der Waals surface area contributed by atoms with Crippen LogP contribution >= 0.6 is 0 Å². The van der Waals surface area contributed by atoms with E-state index in [1.165, 1.54) is 6.29 Å². The SMILES string of the molecule is CC(C)(C)OC(=O)N[C@H](Cc1ccccc1)C(=O)N[C@H]([C]=O)CC(=O)O. The molecule has 1 radical (unpaired) electrons. The largest absolute Gasteiger partial charge is 0.481 e. The minimum atomic E-state index is -1.31. The molecule has 0 aliphatic heterocycles. The predicted octanol–water partition coefficient (Wildman–Crippen LogP) is 1.19. The number of aliphatic carboxylic acids is 1. The Morgan fingerprint density at radius 1 is 1.15 bits per heavy atom. The molecule has 26 heavy (non-hydrogen) atoms. The Morgan fingerprint density at radius 3 is 2.27 bits per heavy atom. The Labute approximate surface area is 151 Å². The summed E-state index contributed by atoms with van der Waals surface area (Å²) in [5, 5.41) is 13.5. The lowest BCUT2D eigenvalue weighted by atomic mass is 10.0. The maximum atomic E-state index is 12.4. The molecule has 0 saturated heterocycles. The highest BCUT2D eigenvalue weighted by molar-refractivity contribution is 5.89. The topological polar surface area (TPSA) is 122 Å². The molecule has 0 bridgehead atoms. The summed E-state index contributed by atoms with van der Waals surface area (Å²) in [4.78, 5) is 46.0. The van der Waals surface area contributed by atoms with E-state index < -0.39 is 42.1 Å². The number of alkyl carbamates (subject to hydrolysis) is 1. The van der Waals surface area contributed by atoms with E-state index in [4.69, 9.17) is 9.84 Å². The second kappa shape index (κ2) is 9.55. The van der Waals surface area contributed by atoms with Crippen LogP contribution < -0.4 is 10.6 Å². The zero-order valence-corrected chi connectivity index (χ0v) is 14.9. The lowest BCUT2D eigenvalue weighted by Crippen LogP contribution is -2.52. The average Bonchev–Trinajstić information content (AvgIpc) is 2.52. The number of hydrogen-bond donors (Lipinski definition) is 3. The predicted molar refractivity (Wildman–Crippen MR) is 93.2 cm³/mol. The summed E-state index contributed by atoms with van der Waals surface area (Å²) in [6.07, 6.45) is 0.221. The fourth-order valence-corrected chi connectivity index (χ4v) is 2.08. The van der Waals surface area contributed by atoms with E-state index in [1.54, 1.807) is 45.0 Å². The molecule has 0 aliphatic carbocycles. The first-order chi connectivity index (χ1) is 12.1. The third-order valence-electron chi connectivity index (χ3n) is 3.13. The molecule has 141 valence electrons. The Morgan fingerprint density at radius 2 is 1.77 bits per heavy atom. The van der Waals surface area contributed by atoms with Gasteiger partial charge in [-0.25, -0.2) is 4.79 Å². The molecule has 1 aromatic rings. The van der Waals surface area contributed by atoms with Crippen LogP contribution in [0.15, 0.2) is 30.3 Å². The van der Waals surface area contributed by atoms with Crippen LogP contribution in [0.5, 0.6) is 0 Å². The van der Waals surface area contributed by atoms with Gasteiger partial charge >= 0.3 is 12.1 Å². The van der Waals surface area contributed by atoms with Crippen molar-refractivity contribution in [3.8, 4) is 0 Å². The molecule has 2 amide bonds. The molecule has 8 nitrogen and oxygen atoms in total. The molecule has 0 aliphatic rings. The van der Waals surface area contributed by atoms with Gasteiger partial charge < -0.3 is 20.5 Å². The van der Waals surface area contributed by atoms with Gasteiger partial charge in [0.2, 0.25) is 12.2 Å². The molecule has 0 fully saturated rings. The average molecular weight is 363 g/mol. The second-order valence-electron chi connectivity index (χ2n) is 6.67. The van der Waals surface area contributed by atoms with Gasteiger partial charge in [0.15, 0.2) is 0 Å². The quantitative estimate of drug-likeness (QED) is 0.638. The first-order valence-electron chi connectivity index (χ1n) is 8.04. The van der Waals surface area contributed by atoms with Gasteiger partial charge in [-0.2, -0.15) is 0 Å². The first kappa shape index (κ1) is 21.1. The number of nitrogens with one attached hydrogen (secondary N) is 2. The van der Waals surface area contributed by atoms with Crippen molar-refractivity contribution in [2.75, 3.05) is 0 Å². The number of ether oxygens (including phenoxy) is 1. The summed E-state index contributed by atoms with van der Waals surface area (Å²) in [6.45, 7) is 5.05. The maximum Gasteiger partial charge on any atom is 0.408 e. The molecular weight excluding hydrogens is 340 g/mol. The van der Waals surface area contributed by atoms with Crippen molar-refractivity contribution in [3.63, 3.8) is 0 Å². The smallest absolute Gasteiger partial charge is 0.408 e. The van der Waals surface area contributed by atoms with Crippen LogP contribution in [0.3, 0.4) is 0 Å². The van der Waals surface area contributed by atoms with Crippen molar-refractivity contribution in [2.24, 2.45) is 0 Å². The first-order valence-corrected chi connectivity index (χ1v) is 8.04. The minimum absolute atomic E-state index is 0.143. The van der Waals surface area contributed by atoms with E-state index in [0.717, 1.165) is 5.56 Å². The van der Waals surface area contributed by atoms with Gasteiger partial charge in [0.25, 0.3) is 0 Å². The monoisotopic (exact) mass is 363 g/mol. The number of hydrogen-bond acceptors (Lipinski definition) is 5. The minimum Gasteiger partial charge on any atom is -0.481 e. The summed E-state index contributed by atoms with van der Waals surface area (Å²) in [6, 6.07) is 6.57. The molecule has 1 aromatic carbocycles. The lowest BCUT2D eigenvalue weighted by molar-refractivity contribution is -0.137. The number of benzene rings is 1. The van der Waals surface area contributed by atoms with Gasteiger partial charge in [-0.3, -0.25) is 14.4 Å². The van der Waals surface area contributed by atoms with Crippen LogP contribution in [-0.2, 0) is 25.5 Å². The van der Waals surface area contributed by atoms with Gasteiger partial charge in [-0.15, -0.1) is 0 Å². The zero-order valence-electron chi connectivity index (χ0n) is 14.9. The van der Waals surface area contributed by atoms with Crippen molar-refractivity contribution in [1.29, 1.82) is 0 Å². The summed E-state index contributed by atoms with van der Waals surface area (Å²) >= 11 is 0. The molecule has 8 heteroatoms. The van der Waals surface area contributed by atoms with Gasteiger partial charge in [0.05, 0.1) is 6.42 Å². The van der Waals surface area contributed by atoms with Crippen LogP contribution in [0.4, 0.5) is 4.79 Å². The van der Waals surface area contributed by atoms with E-state index in [2.05, 4.69) is 10.6 Å². The lowest BCUT2D eigenvalue weighted by Gasteiger charge is -2.24. The van der Waals surface area contributed by atoms with Gasteiger partial charge in [0, 0.05) is 6.42 Å². The molecule has 0 saturated carbocycles. The summed E-state index contributed by atoms with van der Waals surface area (Å²) in [5.74, 6) is -1.95. The molecule has 1 rings (SSSR count). The van der Waals surface area contributed by atoms with Crippen molar-refractivity contribution in [2.45, 2.75) is 51.3 Å². The van der Waals surface area contributed by atoms with Crippen LogP contribution in [0, 0.1) is 0 Å².